The Kier molecular flexibility index (Phi) is 16.5. The summed E-state index contributed by atoms with van der Waals surface area (Å²) in [7, 11) is 0. The van der Waals surface area contributed by atoms with E-state index in [2.05, 4.69) is 29.4 Å². The lowest BCUT2D eigenvalue weighted by atomic mass is 10.3. The first-order valence-corrected chi connectivity index (χ1v) is 9.94. The molecule has 0 aromatic rings. The van der Waals surface area contributed by atoms with Crippen LogP contribution < -0.4 is 10.6 Å². The number of rotatable bonds is 17. The number of carbonyl (C=O) groups excluding carboxylic acids is 2. The van der Waals surface area contributed by atoms with Gasteiger partial charge in [0.2, 0.25) is 11.8 Å². The van der Waals surface area contributed by atoms with Crippen LogP contribution in [0.25, 0.3) is 0 Å². The molecule has 7 heteroatoms. The number of hydrogen-bond donors (Lipinski definition) is 2. The van der Waals surface area contributed by atoms with Crippen LogP contribution in [0, 0.1) is 0 Å². The van der Waals surface area contributed by atoms with Crippen LogP contribution in [0.15, 0.2) is 0 Å². The van der Waals surface area contributed by atoms with Crippen LogP contribution in [-0.2, 0) is 19.1 Å². The van der Waals surface area contributed by atoms with Gasteiger partial charge in [-0.25, -0.2) is 0 Å². The summed E-state index contributed by atoms with van der Waals surface area (Å²) in [6.07, 6.45) is 2.73. The van der Waals surface area contributed by atoms with E-state index in [1.54, 1.807) is 0 Å². The molecule has 0 saturated heterocycles. The monoisotopic (exact) mass is 373 g/mol. The first kappa shape index (κ1) is 24.8. The second kappa shape index (κ2) is 17.2. The Labute approximate surface area is 159 Å². The molecule has 2 N–H and O–H groups in total. The quantitative estimate of drug-likeness (QED) is 0.378. The average Bonchev–Trinajstić information content (AvgIpc) is 2.63. The summed E-state index contributed by atoms with van der Waals surface area (Å²) in [5.41, 5.74) is 0. The zero-order chi connectivity index (χ0) is 19.6. The molecular formula is C19H39N3O4. The molecule has 2 amide bonds. The molecule has 0 aliphatic rings. The van der Waals surface area contributed by atoms with Crippen LogP contribution in [0.4, 0.5) is 0 Å². The van der Waals surface area contributed by atoms with Gasteiger partial charge >= 0.3 is 0 Å². The predicted molar refractivity (Wildman–Crippen MR) is 104 cm³/mol. The Morgan fingerprint density at radius 1 is 0.808 bits per heavy atom. The van der Waals surface area contributed by atoms with Crippen molar-refractivity contribution < 1.29 is 19.1 Å². The minimum Gasteiger partial charge on any atom is -0.380 e. The lowest BCUT2D eigenvalue weighted by Gasteiger charge is -2.26. The van der Waals surface area contributed by atoms with Crippen LogP contribution in [0.1, 0.15) is 53.4 Å². The number of hydrogen-bond acceptors (Lipinski definition) is 5. The first-order chi connectivity index (χ1) is 12.5. The van der Waals surface area contributed by atoms with E-state index in [0.717, 1.165) is 25.9 Å². The molecule has 0 spiro atoms. The van der Waals surface area contributed by atoms with Crippen LogP contribution in [0.2, 0.25) is 0 Å². The summed E-state index contributed by atoms with van der Waals surface area (Å²) in [4.78, 5) is 24.5. The molecule has 0 atom stereocenters. The van der Waals surface area contributed by atoms with E-state index in [9.17, 15) is 9.59 Å². The Morgan fingerprint density at radius 2 is 1.23 bits per heavy atom. The third-order valence-electron chi connectivity index (χ3n) is 3.99. The molecule has 0 saturated carbocycles. The van der Waals surface area contributed by atoms with Gasteiger partial charge in [-0.15, -0.1) is 0 Å². The topological polar surface area (TPSA) is 79.9 Å². The van der Waals surface area contributed by atoms with E-state index in [-0.39, 0.29) is 11.8 Å². The van der Waals surface area contributed by atoms with Crippen molar-refractivity contribution in [3.8, 4) is 0 Å². The molecule has 0 aliphatic carbocycles. The Hall–Kier alpha value is -1.18. The van der Waals surface area contributed by atoms with Crippen molar-refractivity contribution in [2.24, 2.45) is 0 Å². The van der Waals surface area contributed by atoms with Gasteiger partial charge in [-0.3, -0.25) is 14.5 Å². The molecule has 0 rings (SSSR count). The third-order valence-corrected chi connectivity index (χ3v) is 3.99. The maximum Gasteiger partial charge on any atom is 0.219 e. The largest absolute Gasteiger partial charge is 0.380 e. The standard InChI is InChI=1S/C19H39N3O4/c1-5-18(23)20-9-7-13-25-15-11-22(17(3)4)12-16-26-14-8-10-21-19(24)6-2/h17H,5-16H2,1-4H3,(H,20,23)(H,21,24). The van der Waals surface area contributed by atoms with Gasteiger partial charge in [0.15, 0.2) is 0 Å². The van der Waals surface area contributed by atoms with Gasteiger partial charge < -0.3 is 20.1 Å². The second-order valence-electron chi connectivity index (χ2n) is 6.47. The minimum absolute atomic E-state index is 0.0868. The van der Waals surface area contributed by atoms with Gasteiger partial charge in [-0.1, -0.05) is 13.8 Å². The molecule has 154 valence electrons. The zero-order valence-corrected chi connectivity index (χ0v) is 17.1. The highest BCUT2D eigenvalue weighted by molar-refractivity contribution is 5.75. The number of amides is 2. The second-order valence-corrected chi connectivity index (χ2v) is 6.47. The molecular weight excluding hydrogens is 334 g/mol. The number of nitrogens with zero attached hydrogens (tertiary/aromatic N) is 1. The normalized spacial score (nSPS) is 11.2. The van der Waals surface area contributed by atoms with Crippen LogP contribution >= 0.6 is 0 Å². The molecule has 0 fully saturated rings. The molecule has 0 heterocycles. The van der Waals surface area contributed by atoms with Gasteiger partial charge in [0.1, 0.15) is 0 Å². The van der Waals surface area contributed by atoms with Crippen LogP contribution in [-0.4, -0.2) is 75.4 Å². The predicted octanol–water partition coefficient (Wildman–Crippen LogP) is 1.56. The summed E-state index contributed by atoms with van der Waals surface area (Å²) in [6.45, 7) is 13.8. The van der Waals surface area contributed by atoms with E-state index in [1.807, 2.05) is 13.8 Å². The van der Waals surface area contributed by atoms with Gasteiger partial charge in [-0.2, -0.15) is 0 Å². The summed E-state index contributed by atoms with van der Waals surface area (Å²) in [6, 6.07) is 0.440. The lowest BCUT2D eigenvalue weighted by molar-refractivity contribution is -0.121. The highest BCUT2D eigenvalue weighted by atomic mass is 16.5. The summed E-state index contributed by atoms with van der Waals surface area (Å²) in [5.74, 6) is 0.174. The first-order valence-electron chi connectivity index (χ1n) is 9.94. The molecule has 0 aliphatic heterocycles. The smallest absolute Gasteiger partial charge is 0.219 e. The SMILES string of the molecule is CCC(=O)NCCCOCCN(CCOCCCNC(=O)CC)C(C)C. The molecule has 0 aromatic heterocycles. The van der Waals surface area contributed by atoms with Crippen molar-refractivity contribution in [3.63, 3.8) is 0 Å². The number of carbonyl (C=O) groups is 2. The molecule has 26 heavy (non-hydrogen) atoms. The van der Waals surface area contributed by atoms with Gasteiger partial charge in [0.25, 0.3) is 0 Å². The van der Waals surface area contributed by atoms with Crippen molar-refractivity contribution in [2.75, 3.05) is 52.6 Å². The third kappa shape index (κ3) is 15.1. The zero-order valence-electron chi connectivity index (χ0n) is 17.1. The van der Waals surface area contributed by atoms with Gasteiger partial charge in [-0.05, 0) is 26.7 Å². The van der Waals surface area contributed by atoms with Gasteiger partial charge in [0.05, 0.1) is 13.2 Å². The summed E-state index contributed by atoms with van der Waals surface area (Å²) < 4.78 is 11.3. The van der Waals surface area contributed by atoms with E-state index in [4.69, 9.17) is 9.47 Å². The fourth-order valence-electron chi connectivity index (χ4n) is 2.25. The van der Waals surface area contributed by atoms with Crippen molar-refractivity contribution in [1.29, 1.82) is 0 Å². The van der Waals surface area contributed by atoms with Gasteiger partial charge in [0, 0.05) is 58.3 Å². The van der Waals surface area contributed by atoms with Crippen molar-refractivity contribution in [3.05, 3.63) is 0 Å². The van der Waals surface area contributed by atoms with Crippen molar-refractivity contribution >= 4 is 11.8 Å². The minimum atomic E-state index is 0.0868. The fourth-order valence-corrected chi connectivity index (χ4v) is 2.25. The number of ether oxygens (including phenoxy) is 2. The summed E-state index contributed by atoms with van der Waals surface area (Å²) in [5, 5.41) is 5.68. The van der Waals surface area contributed by atoms with E-state index in [1.165, 1.54) is 0 Å². The maximum absolute atomic E-state index is 11.1. The summed E-state index contributed by atoms with van der Waals surface area (Å²) >= 11 is 0. The molecule has 0 aromatic carbocycles. The fraction of sp³-hybridized carbons (Fsp3) is 0.895. The van der Waals surface area contributed by atoms with Crippen LogP contribution in [0.3, 0.4) is 0 Å². The Balaban J connectivity index is 3.59. The molecule has 0 unspecified atom stereocenters. The molecule has 0 bridgehead atoms. The Morgan fingerprint density at radius 3 is 1.58 bits per heavy atom. The van der Waals surface area contributed by atoms with E-state index < -0.39 is 0 Å². The van der Waals surface area contributed by atoms with Crippen LogP contribution in [0.5, 0.6) is 0 Å². The van der Waals surface area contributed by atoms with Crippen molar-refractivity contribution in [2.45, 2.75) is 59.4 Å². The number of nitrogens with one attached hydrogen (secondary N) is 2. The van der Waals surface area contributed by atoms with E-state index >= 15 is 0 Å². The Bertz CT molecular complexity index is 335. The maximum atomic E-state index is 11.1. The lowest BCUT2D eigenvalue weighted by Crippen LogP contribution is -2.37. The average molecular weight is 374 g/mol. The highest BCUT2D eigenvalue weighted by Crippen LogP contribution is 1.98. The molecule has 7 nitrogen and oxygen atoms in total. The molecule has 0 radical (unpaired) electrons. The highest BCUT2D eigenvalue weighted by Gasteiger charge is 2.09. The van der Waals surface area contributed by atoms with E-state index in [0.29, 0.717) is 58.4 Å². The van der Waals surface area contributed by atoms with Crippen molar-refractivity contribution in [1.82, 2.24) is 15.5 Å².